The molecule has 23 heavy (non-hydrogen) atoms. The van der Waals surface area contributed by atoms with Crippen LogP contribution in [0.4, 0.5) is 11.4 Å². The molecule has 0 amide bonds. The Kier molecular flexibility index (Phi) is 6.28. The zero-order valence-electron chi connectivity index (χ0n) is 11.8. The molecule has 4 nitrogen and oxygen atoms in total. The molecule has 120 valence electrons. The average Bonchev–Trinajstić information content (AvgIpc) is 2.50. The number of nitrogens with one attached hydrogen (secondary N) is 1. The number of rotatable bonds is 6. The lowest BCUT2D eigenvalue weighted by atomic mass is 10.1. The van der Waals surface area contributed by atoms with E-state index in [1.807, 2.05) is 6.07 Å². The summed E-state index contributed by atoms with van der Waals surface area (Å²) < 4.78 is 4.76. The fourth-order valence-electron chi connectivity index (χ4n) is 1.89. The number of carbonyl (C=O) groups excluding carboxylic acids is 2. The number of ether oxygens (including phenoxy) is 1. The Hall–Kier alpha value is -1.75. The topological polar surface area (TPSA) is 55.4 Å². The van der Waals surface area contributed by atoms with Crippen molar-refractivity contribution in [1.29, 1.82) is 0 Å². The van der Waals surface area contributed by atoms with Crippen molar-refractivity contribution >= 4 is 57.4 Å². The van der Waals surface area contributed by atoms with E-state index in [0.717, 1.165) is 0 Å². The van der Waals surface area contributed by atoms with E-state index in [4.69, 9.17) is 39.5 Å². The first-order valence-electron chi connectivity index (χ1n) is 6.60. The minimum Gasteiger partial charge on any atom is -0.456 e. The second kappa shape index (κ2) is 8.20. The van der Waals surface area contributed by atoms with E-state index in [1.165, 1.54) is 0 Å². The number of hydrogen-bond acceptors (Lipinski definition) is 4. The summed E-state index contributed by atoms with van der Waals surface area (Å²) in [5.41, 5.74) is 1.89. The van der Waals surface area contributed by atoms with Gasteiger partial charge in [-0.25, -0.2) is 0 Å². The molecule has 0 bridgehead atoms. The van der Waals surface area contributed by atoms with Crippen LogP contribution in [0, 0.1) is 0 Å². The summed E-state index contributed by atoms with van der Waals surface area (Å²) in [7, 11) is 0. The van der Waals surface area contributed by atoms with Crippen LogP contribution in [0.5, 0.6) is 0 Å². The first-order chi connectivity index (χ1) is 11.0. The van der Waals surface area contributed by atoms with Gasteiger partial charge in [0.15, 0.2) is 6.61 Å². The second-order valence-electron chi connectivity index (χ2n) is 4.57. The van der Waals surface area contributed by atoms with Gasteiger partial charge < -0.3 is 10.1 Å². The van der Waals surface area contributed by atoms with Gasteiger partial charge in [0.25, 0.3) is 5.24 Å². The molecular weight excluding hydrogens is 361 g/mol. The lowest BCUT2D eigenvalue weighted by molar-refractivity contribution is -0.145. The number of hydrogen-bond donors (Lipinski definition) is 1. The van der Waals surface area contributed by atoms with Crippen molar-refractivity contribution < 1.29 is 14.3 Å². The van der Waals surface area contributed by atoms with Crippen molar-refractivity contribution in [3.8, 4) is 0 Å². The third-order valence-corrected chi connectivity index (χ3v) is 3.66. The molecule has 1 N–H and O–H groups in total. The molecule has 0 saturated heterocycles. The van der Waals surface area contributed by atoms with Gasteiger partial charge in [-0.1, -0.05) is 47.5 Å². The Morgan fingerprint density at radius 3 is 2.30 bits per heavy atom. The highest BCUT2D eigenvalue weighted by atomic mass is 35.5. The standard InChI is InChI=1S/C16H12Cl3NO3/c17-11-5-3-6-12(18)16(11)20-13-7-2-1-4-10(13)8-15(22)23-9-14(19)21/h1-7,20H,8-9H2. The fourth-order valence-corrected chi connectivity index (χ4v) is 2.44. The van der Waals surface area contributed by atoms with Gasteiger partial charge in [-0.2, -0.15) is 0 Å². The molecule has 0 aliphatic carbocycles. The summed E-state index contributed by atoms with van der Waals surface area (Å²) in [6, 6.07) is 12.3. The van der Waals surface area contributed by atoms with Crippen LogP contribution in [-0.4, -0.2) is 17.8 Å². The molecule has 2 rings (SSSR count). The molecule has 0 radical (unpaired) electrons. The van der Waals surface area contributed by atoms with Gasteiger partial charge in [0.2, 0.25) is 0 Å². The highest BCUT2D eigenvalue weighted by Gasteiger charge is 2.12. The Bertz CT molecular complexity index is 714. The molecular formula is C16H12Cl3NO3. The zero-order valence-corrected chi connectivity index (χ0v) is 14.1. The first-order valence-corrected chi connectivity index (χ1v) is 7.73. The normalized spacial score (nSPS) is 10.2. The van der Waals surface area contributed by atoms with E-state index in [2.05, 4.69) is 5.32 Å². The predicted molar refractivity (Wildman–Crippen MR) is 91.7 cm³/mol. The van der Waals surface area contributed by atoms with E-state index in [-0.39, 0.29) is 6.42 Å². The number of halogens is 3. The molecule has 0 heterocycles. The van der Waals surface area contributed by atoms with Gasteiger partial charge in [0.1, 0.15) is 0 Å². The minimum absolute atomic E-state index is 0.0184. The highest BCUT2D eigenvalue weighted by molar-refractivity contribution is 6.64. The maximum Gasteiger partial charge on any atom is 0.310 e. The van der Waals surface area contributed by atoms with Crippen LogP contribution >= 0.6 is 34.8 Å². The zero-order chi connectivity index (χ0) is 16.8. The molecule has 2 aromatic rings. The maximum atomic E-state index is 11.7. The SMILES string of the molecule is O=C(Cl)COC(=O)Cc1ccccc1Nc1c(Cl)cccc1Cl. The molecule has 0 atom stereocenters. The van der Waals surface area contributed by atoms with Crippen molar-refractivity contribution in [3.05, 3.63) is 58.1 Å². The van der Waals surface area contributed by atoms with Crippen LogP contribution in [-0.2, 0) is 20.7 Å². The van der Waals surface area contributed by atoms with Crippen LogP contribution in [0.15, 0.2) is 42.5 Å². The molecule has 0 fully saturated rings. The van der Waals surface area contributed by atoms with Crippen molar-refractivity contribution in [2.45, 2.75) is 6.42 Å². The quantitative estimate of drug-likeness (QED) is 0.595. The smallest absolute Gasteiger partial charge is 0.310 e. The third-order valence-electron chi connectivity index (χ3n) is 2.92. The number of esters is 1. The minimum atomic E-state index is -0.729. The van der Waals surface area contributed by atoms with Crippen LogP contribution in [0.1, 0.15) is 5.56 Å². The Balaban J connectivity index is 2.18. The maximum absolute atomic E-state index is 11.7. The van der Waals surface area contributed by atoms with Gasteiger partial charge in [-0.15, -0.1) is 0 Å². The van der Waals surface area contributed by atoms with E-state index >= 15 is 0 Å². The summed E-state index contributed by atoms with van der Waals surface area (Å²) in [4.78, 5) is 22.4. The van der Waals surface area contributed by atoms with E-state index < -0.39 is 17.8 Å². The number of benzene rings is 2. The van der Waals surface area contributed by atoms with Crippen LogP contribution in [0.2, 0.25) is 10.0 Å². The van der Waals surface area contributed by atoms with Crippen molar-refractivity contribution in [3.63, 3.8) is 0 Å². The monoisotopic (exact) mass is 371 g/mol. The van der Waals surface area contributed by atoms with Gasteiger partial charge in [-0.05, 0) is 35.4 Å². The number of anilines is 2. The van der Waals surface area contributed by atoms with Gasteiger partial charge in [0.05, 0.1) is 22.2 Å². The Morgan fingerprint density at radius 1 is 1.00 bits per heavy atom. The summed E-state index contributed by atoms with van der Waals surface area (Å²) >= 11 is 17.4. The molecule has 0 aliphatic rings. The number of carbonyl (C=O) groups is 2. The van der Waals surface area contributed by atoms with Crippen molar-refractivity contribution in [2.75, 3.05) is 11.9 Å². The third kappa shape index (κ3) is 5.13. The summed E-state index contributed by atoms with van der Waals surface area (Å²) in [6.45, 7) is -0.452. The average molecular weight is 373 g/mol. The fraction of sp³-hybridized carbons (Fsp3) is 0.125. The van der Waals surface area contributed by atoms with Gasteiger partial charge >= 0.3 is 5.97 Å². The molecule has 0 unspecified atom stereocenters. The molecule has 0 aliphatic heterocycles. The predicted octanol–water partition coefficient (Wildman–Crippen LogP) is 4.59. The van der Waals surface area contributed by atoms with Crippen molar-refractivity contribution in [1.82, 2.24) is 0 Å². The molecule has 0 spiro atoms. The molecule has 0 saturated carbocycles. The first kappa shape index (κ1) is 17.6. The lowest BCUT2D eigenvalue weighted by Gasteiger charge is -2.14. The molecule has 0 aromatic heterocycles. The Labute approximate surface area is 148 Å². The van der Waals surface area contributed by atoms with E-state index in [9.17, 15) is 9.59 Å². The van der Waals surface area contributed by atoms with Crippen LogP contribution < -0.4 is 5.32 Å². The number of para-hydroxylation sites is 2. The summed E-state index contributed by atoms with van der Waals surface area (Å²) in [6.07, 6.45) is -0.0184. The van der Waals surface area contributed by atoms with Crippen LogP contribution in [0.25, 0.3) is 0 Å². The van der Waals surface area contributed by atoms with E-state index in [0.29, 0.717) is 27.0 Å². The summed E-state index contributed by atoms with van der Waals surface area (Å²) in [5, 5.41) is 3.31. The Morgan fingerprint density at radius 2 is 1.65 bits per heavy atom. The lowest BCUT2D eigenvalue weighted by Crippen LogP contribution is -2.13. The molecule has 7 heteroatoms. The highest BCUT2D eigenvalue weighted by Crippen LogP contribution is 2.33. The second-order valence-corrected chi connectivity index (χ2v) is 5.81. The largest absolute Gasteiger partial charge is 0.456 e. The molecule has 2 aromatic carbocycles. The van der Waals surface area contributed by atoms with E-state index in [1.54, 1.807) is 36.4 Å². The van der Waals surface area contributed by atoms with Crippen molar-refractivity contribution in [2.24, 2.45) is 0 Å². The van der Waals surface area contributed by atoms with Gasteiger partial charge in [0, 0.05) is 5.69 Å². The van der Waals surface area contributed by atoms with Crippen LogP contribution in [0.3, 0.4) is 0 Å². The van der Waals surface area contributed by atoms with Gasteiger partial charge in [-0.3, -0.25) is 9.59 Å². The summed E-state index contributed by atoms with van der Waals surface area (Å²) in [5.74, 6) is -0.557.